The third-order valence-corrected chi connectivity index (χ3v) is 6.18. The van der Waals surface area contributed by atoms with Gasteiger partial charge in [-0.2, -0.15) is 0 Å². The Labute approximate surface area is 117 Å². The molecule has 0 aromatic heterocycles. The van der Waals surface area contributed by atoms with Gasteiger partial charge in [-0.25, -0.2) is 12.7 Å². The number of hydrogen-bond acceptors (Lipinski definition) is 4. The van der Waals surface area contributed by atoms with Crippen LogP contribution in [-0.4, -0.2) is 69.2 Å². The molecule has 0 aliphatic carbocycles. The lowest BCUT2D eigenvalue weighted by molar-refractivity contribution is 0.251. The Bertz CT molecular complexity index is 366. The zero-order valence-corrected chi connectivity index (χ0v) is 12.8. The topological polar surface area (TPSA) is 52.7 Å². The molecule has 112 valence electrons. The molecule has 0 aromatic rings. The molecule has 1 N–H and O–H groups in total. The summed E-state index contributed by atoms with van der Waals surface area (Å²) in [7, 11) is -1.13. The van der Waals surface area contributed by atoms with Crippen molar-refractivity contribution in [3.05, 3.63) is 0 Å². The fourth-order valence-electron chi connectivity index (χ4n) is 3.08. The molecule has 19 heavy (non-hydrogen) atoms. The van der Waals surface area contributed by atoms with E-state index in [4.69, 9.17) is 0 Å². The summed E-state index contributed by atoms with van der Waals surface area (Å²) >= 11 is 0. The molecule has 0 amide bonds. The van der Waals surface area contributed by atoms with Crippen LogP contribution in [0.25, 0.3) is 0 Å². The SMILES string of the molecule is CNCCCCS(=O)(=O)N1CCC(N2CCCC2)C1. The Morgan fingerprint density at radius 1 is 1.16 bits per heavy atom. The highest BCUT2D eigenvalue weighted by molar-refractivity contribution is 7.89. The predicted molar refractivity (Wildman–Crippen MR) is 77.7 cm³/mol. The standard InChI is InChI=1S/C13H27N3O2S/c1-14-7-2-5-11-19(17,18)16-10-6-13(12-16)15-8-3-4-9-15/h13-14H,2-12H2,1H3. The molecule has 2 fully saturated rings. The molecule has 2 heterocycles. The summed E-state index contributed by atoms with van der Waals surface area (Å²) < 4.78 is 26.2. The summed E-state index contributed by atoms with van der Waals surface area (Å²) in [6, 6.07) is 0.467. The van der Waals surface area contributed by atoms with E-state index in [-0.39, 0.29) is 0 Å². The van der Waals surface area contributed by atoms with Gasteiger partial charge >= 0.3 is 0 Å². The van der Waals surface area contributed by atoms with Crippen LogP contribution in [0.15, 0.2) is 0 Å². The first-order valence-corrected chi connectivity index (χ1v) is 9.11. The van der Waals surface area contributed by atoms with Crippen LogP contribution in [0.1, 0.15) is 32.1 Å². The van der Waals surface area contributed by atoms with Gasteiger partial charge < -0.3 is 5.32 Å². The van der Waals surface area contributed by atoms with Crippen molar-refractivity contribution in [1.29, 1.82) is 0 Å². The van der Waals surface area contributed by atoms with Crippen molar-refractivity contribution in [3.63, 3.8) is 0 Å². The van der Waals surface area contributed by atoms with Gasteiger partial charge in [-0.1, -0.05) is 0 Å². The molecule has 0 aromatic carbocycles. The minimum absolute atomic E-state index is 0.307. The van der Waals surface area contributed by atoms with Gasteiger partial charge in [0.25, 0.3) is 0 Å². The van der Waals surface area contributed by atoms with E-state index in [0.29, 0.717) is 18.3 Å². The molecular formula is C13H27N3O2S. The molecule has 0 spiro atoms. The molecule has 2 saturated heterocycles. The fourth-order valence-corrected chi connectivity index (χ4v) is 4.69. The van der Waals surface area contributed by atoms with E-state index in [1.165, 1.54) is 12.8 Å². The van der Waals surface area contributed by atoms with Crippen LogP contribution in [-0.2, 0) is 10.0 Å². The average molecular weight is 289 g/mol. The van der Waals surface area contributed by atoms with Gasteiger partial charge in [0.2, 0.25) is 10.0 Å². The van der Waals surface area contributed by atoms with Crippen molar-refractivity contribution in [2.45, 2.75) is 38.1 Å². The second-order valence-corrected chi connectivity index (χ2v) is 7.76. The lowest BCUT2D eigenvalue weighted by atomic mass is 10.2. The first-order chi connectivity index (χ1) is 9.13. The van der Waals surface area contributed by atoms with Gasteiger partial charge in [0, 0.05) is 19.1 Å². The third kappa shape index (κ3) is 4.15. The number of rotatable bonds is 7. The summed E-state index contributed by atoms with van der Waals surface area (Å²) in [6.45, 7) is 4.64. The van der Waals surface area contributed by atoms with Crippen LogP contribution in [0, 0.1) is 0 Å². The number of hydrogen-bond donors (Lipinski definition) is 1. The molecule has 0 saturated carbocycles. The number of nitrogens with zero attached hydrogens (tertiary/aromatic N) is 2. The van der Waals surface area contributed by atoms with Gasteiger partial charge in [0.1, 0.15) is 0 Å². The maximum Gasteiger partial charge on any atom is 0.214 e. The average Bonchev–Trinajstić information content (AvgIpc) is 3.03. The smallest absolute Gasteiger partial charge is 0.214 e. The van der Waals surface area contributed by atoms with E-state index < -0.39 is 10.0 Å². The molecule has 1 atom stereocenters. The van der Waals surface area contributed by atoms with Gasteiger partial charge in [0.15, 0.2) is 0 Å². The maximum atomic E-state index is 12.2. The minimum atomic E-state index is -3.02. The van der Waals surface area contributed by atoms with Gasteiger partial charge in [-0.3, -0.25) is 4.90 Å². The Morgan fingerprint density at radius 3 is 2.58 bits per heavy atom. The van der Waals surface area contributed by atoms with E-state index in [2.05, 4.69) is 10.2 Å². The molecule has 0 bridgehead atoms. The van der Waals surface area contributed by atoms with Crippen LogP contribution >= 0.6 is 0 Å². The normalized spacial score (nSPS) is 26.3. The van der Waals surface area contributed by atoms with E-state index >= 15 is 0 Å². The van der Waals surface area contributed by atoms with Gasteiger partial charge in [-0.15, -0.1) is 0 Å². The van der Waals surface area contributed by atoms with Crippen LogP contribution in [0.5, 0.6) is 0 Å². The highest BCUT2D eigenvalue weighted by Crippen LogP contribution is 2.22. The lowest BCUT2D eigenvalue weighted by Crippen LogP contribution is -2.37. The molecular weight excluding hydrogens is 262 g/mol. The van der Waals surface area contributed by atoms with Crippen molar-refractivity contribution >= 4 is 10.0 Å². The van der Waals surface area contributed by atoms with Crippen molar-refractivity contribution in [2.24, 2.45) is 0 Å². The maximum absolute atomic E-state index is 12.2. The number of nitrogens with one attached hydrogen (secondary N) is 1. The van der Waals surface area contributed by atoms with E-state index in [1.807, 2.05) is 7.05 Å². The molecule has 2 aliphatic rings. The molecule has 1 unspecified atom stereocenters. The summed E-state index contributed by atoms with van der Waals surface area (Å²) in [6.07, 6.45) is 5.24. The first-order valence-electron chi connectivity index (χ1n) is 7.50. The number of likely N-dealkylation sites (tertiary alicyclic amines) is 1. The largest absolute Gasteiger partial charge is 0.320 e. The Morgan fingerprint density at radius 2 is 1.89 bits per heavy atom. The number of unbranched alkanes of at least 4 members (excludes halogenated alkanes) is 1. The minimum Gasteiger partial charge on any atom is -0.320 e. The zero-order chi connectivity index (χ0) is 13.7. The molecule has 5 nitrogen and oxygen atoms in total. The summed E-state index contributed by atoms with van der Waals surface area (Å²) in [5, 5.41) is 3.05. The van der Waals surface area contributed by atoms with Crippen LogP contribution in [0.2, 0.25) is 0 Å². The molecule has 0 radical (unpaired) electrons. The second kappa shape index (κ2) is 7.02. The zero-order valence-electron chi connectivity index (χ0n) is 12.0. The lowest BCUT2D eigenvalue weighted by Gasteiger charge is -2.23. The van der Waals surface area contributed by atoms with E-state index in [1.54, 1.807) is 4.31 Å². The summed E-state index contributed by atoms with van der Waals surface area (Å²) in [5.74, 6) is 0.307. The van der Waals surface area contributed by atoms with Gasteiger partial charge in [-0.05, 0) is 58.8 Å². The Hall–Kier alpha value is -0.170. The number of sulfonamides is 1. The van der Waals surface area contributed by atoms with E-state index in [0.717, 1.165) is 45.4 Å². The van der Waals surface area contributed by atoms with E-state index in [9.17, 15) is 8.42 Å². The summed E-state index contributed by atoms with van der Waals surface area (Å²) in [5.41, 5.74) is 0. The third-order valence-electron chi connectivity index (χ3n) is 4.26. The van der Waals surface area contributed by atoms with Crippen molar-refractivity contribution in [1.82, 2.24) is 14.5 Å². The fraction of sp³-hybridized carbons (Fsp3) is 1.00. The van der Waals surface area contributed by atoms with Gasteiger partial charge in [0.05, 0.1) is 5.75 Å². The van der Waals surface area contributed by atoms with Crippen molar-refractivity contribution < 1.29 is 8.42 Å². The molecule has 2 rings (SSSR count). The van der Waals surface area contributed by atoms with Crippen molar-refractivity contribution in [3.8, 4) is 0 Å². The van der Waals surface area contributed by atoms with Crippen molar-refractivity contribution in [2.75, 3.05) is 45.5 Å². The highest BCUT2D eigenvalue weighted by atomic mass is 32.2. The Kier molecular flexibility index (Phi) is 5.62. The highest BCUT2D eigenvalue weighted by Gasteiger charge is 2.34. The van der Waals surface area contributed by atoms with Crippen LogP contribution in [0.3, 0.4) is 0 Å². The monoisotopic (exact) mass is 289 g/mol. The first kappa shape index (κ1) is 15.2. The quantitative estimate of drug-likeness (QED) is 0.693. The second-order valence-electron chi connectivity index (χ2n) is 5.67. The predicted octanol–water partition coefficient (Wildman–Crippen LogP) is 0.486. The van der Waals surface area contributed by atoms with Crippen LogP contribution in [0.4, 0.5) is 0 Å². The Balaban J connectivity index is 1.78. The van der Waals surface area contributed by atoms with Crippen LogP contribution < -0.4 is 5.32 Å². The molecule has 2 aliphatic heterocycles. The molecule has 6 heteroatoms. The summed E-state index contributed by atoms with van der Waals surface area (Å²) in [4.78, 5) is 2.47.